The van der Waals surface area contributed by atoms with Gasteiger partial charge in [-0.25, -0.2) is 15.1 Å². The van der Waals surface area contributed by atoms with Gasteiger partial charge in [0.05, 0.1) is 0 Å². The highest BCUT2D eigenvalue weighted by atomic mass is 32.1. The Balaban J connectivity index is 1.73. The number of ether oxygens (including phenoxy) is 1. The van der Waals surface area contributed by atoms with E-state index in [4.69, 9.17) is 9.57 Å². The van der Waals surface area contributed by atoms with Crippen LogP contribution in [0.25, 0.3) is 0 Å². The molecule has 0 aromatic carbocycles. The van der Waals surface area contributed by atoms with Crippen LogP contribution in [0.4, 0.5) is 4.79 Å². The Morgan fingerprint density at radius 1 is 1.65 bits per heavy atom. The Labute approximate surface area is 123 Å². The van der Waals surface area contributed by atoms with Crippen LogP contribution in [0.5, 0.6) is 0 Å². The van der Waals surface area contributed by atoms with Crippen molar-refractivity contribution in [2.75, 3.05) is 13.7 Å². The number of hydroxylamine groups is 1. The fourth-order valence-electron chi connectivity index (χ4n) is 2.08. The maximum absolute atomic E-state index is 12.0. The number of nitrogens with one attached hydrogen (secondary N) is 1. The van der Waals surface area contributed by atoms with Gasteiger partial charge in [0.25, 0.3) is 0 Å². The molecule has 2 amide bonds. The topological polar surface area (TPSA) is 50.8 Å². The van der Waals surface area contributed by atoms with Crippen LogP contribution in [0.3, 0.4) is 0 Å². The average Bonchev–Trinajstić information content (AvgIpc) is 2.98. The number of nitrogens with zero attached hydrogens (tertiary/aromatic N) is 1. The highest BCUT2D eigenvalue weighted by Gasteiger charge is 2.19. The van der Waals surface area contributed by atoms with Crippen LogP contribution in [0.15, 0.2) is 16.8 Å². The number of amides is 2. The standard InChI is InChI=1S/C14H22N2O3S/c1-11(9-12-6-8-20-10-12)16(2)14(17)15-19-13-5-3-4-7-18-13/h6,8,10-11,13H,3-5,7,9H2,1-2H3,(H,15,17)/t11-,13-/m1/s1. The zero-order chi connectivity index (χ0) is 14.4. The second-order valence-corrected chi connectivity index (χ2v) is 5.90. The third-order valence-electron chi connectivity index (χ3n) is 3.51. The minimum atomic E-state index is -0.312. The average molecular weight is 298 g/mol. The molecule has 1 aromatic rings. The molecule has 112 valence electrons. The van der Waals surface area contributed by atoms with Gasteiger partial charge in [0.2, 0.25) is 0 Å². The third kappa shape index (κ3) is 4.47. The van der Waals surface area contributed by atoms with Gasteiger partial charge in [-0.05, 0) is 48.6 Å². The van der Waals surface area contributed by atoms with Crippen molar-refractivity contribution in [3.63, 3.8) is 0 Å². The second-order valence-electron chi connectivity index (χ2n) is 5.12. The zero-order valence-electron chi connectivity index (χ0n) is 12.0. The Bertz CT molecular complexity index is 405. The van der Waals surface area contributed by atoms with Crippen LogP contribution in [-0.2, 0) is 16.0 Å². The molecule has 2 rings (SSSR count). The Morgan fingerprint density at radius 2 is 2.50 bits per heavy atom. The number of hydrogen-bond donors (Lipinski definition) is 1. The molecule has 0 bridgehead atoms. The number of likely N-dealkylation sites (N-methyl/N-ethyl adjacent to an activating group) is 1. The quantitative estimate of drug-likeness (QED) is 0.850. The summed E-state index contributed by atoms with van der Waals surface area (Å²) in [7, 11) is 1.78. The van der Waals surface area contributed by atoms with E-state index in [1.54, 1.807) is 23.3 Å². The van der Waals surface area contributed by atoms with E-state index in [1.807, 2.05) is 12.3 Å². The minimum absolute atomic E-state index is 0.112. The summed E-state index contributed by atoms with van der Waals surface area (Å²) < 4.78 is 5.40. The van der Waals surface area contributed by atoms with E-state index >= 15 is 0 Å². The van der Waals surface area contributed by atoms with E-state index in [9.17, 15) is 4.79 Å². The molecule has 0 radical (unpaired) electrons. The van der Waals surface area contributed by atoms with Crippen LogP contribution in [-0.4, -0.2) is 36.9 Å². The van der Waals surface area contributed by atoms with E-state index in [0.29, 0.717) is 6.61 Å². The van der Waals surface area contributed by atoms with Gasteiger partial charge >= 0.3 is 6.03 Å². The van der Waals surface area contributed by atoms with Crippen LogP contribution in [0.2, 0.25) is 0 Å². The van der Waals surface area contributed by atoms with Crippen molar-refractivity contribution in [3.05, 3.63) is 22.4 Å². The maximum Gasteiger partial charge on any atom is 0.341 e. The predicted molar refractivity (Wildman–Crippen MR) is 78.5 cm³/mol. The molecule has 0 saturated carbocycles. The Kier molecular flexibility index (Phi) is 5.82. The molecular formula is C14H22N2O3S. The molecule has 20 heavy (non-hydrogen) atoms. The Morgan fingerprint density at radius 3 is 3.15 bits per heavy atom. The molecule has 5 nitrogen and oxygen atoms in total. The normalized spacial score (nSPS) is 20.4. The molecule has 1 N–H and O–H groups in total. The van der Waals surface area contributed by atoms with Gasteiger partial charge < -0.3 is 9.64 Å². The molecule has 1 aliphatic rings. The van der Waals surface area contributed by atoms with Gasteiger partial charge in [-0.2, -0.15) is 11.3 Å². The first kappa shape index (κ1) is 15.3. The molecular weight excluding hydrogens is 276 g/mol. The number of thiophene rings is 1. The summed E-state index contributed by atoms with van der Waals surface area (Å²) in [6.07, 6.45) is 3.49. The fraction of sp³-hybridized carbons (Fsp3) is 0.643. The molecule has 2 atom stereocenters. The first-order valence-corrected chi connectivity index (χ1v) is 7.92. The third-order valence-corrected chi connectivity index (χ3v) is 4.24. The summed E-state index contributed by atoms with van der Waals surface area (Å²) in [5, 5.41) is 4.15. The van der Waals surface area contributed by atoms with Gasteiger partial charge in [-0.3, -0.25) is 0 Å². The minimum Gasteiger partial charge on any atom is -0.350 e. The predicted octanol–water partition coefficient (Wildman–Crippen LogP) is 2.78. The fourth-order valence-corrected chi connectivity index (χ4v) is 2.76. The summed E-state index contributed by atoms with van der Waals surface area (Å²) >= 11 is 1.67. The lowest BCUT2D eigenvalue weighted by atomic mass is 10.1. The molecule has 0 spiro atoms. The smallest absolute Gasteiger partial charge is 0.341 e. The largest absolute Gasteiger partial charge is 0.350 e. The first-order valence-electron chi connectivity index (χ1n) is 6.98. The summed E-state index contributed by atoms with van der Waals surface area (Å²) in [5.41, 5.74) is 3.73. The molecule has 1 aliphatic heterocycles. The molecule has 6 heteroatoms. The van der Waals surface area contributed by atoms with Crippen LogP contribution in [0, 0.1) is 0 Å². The molecule has 1 aromatic heterocycles. The maximum atomic E-state index is 12.0. The van der Waals surface area contributed by atoms with Crippen molar-refractivity contribution >= 4 is 17.4 Å². The van der Waals surface area contributed by atoms with Crippen molar-refractivity contribution in [1.29, 1.82) is 0 Å². The summed E-state index contributed by atoms with van der Waals surface area (Å²) in [4.78, 5) is 18.9. The van der Waals surface area contributed by atoms with Crippen molar-refractivity contribution in [3.8, 4) is 0 Å². The van der Waals surface area contributed by atoms with Crippen LogP contribution < -0.4 is 5.48 Å². The molecule has 2 heterocycles. The lowest BCUT2D eigenvalue weighted by Gasteiger charge is -2.27. The van der Waals surface area contributed by atoms with Gasteiger partial charge in [0.1, 0.15) is 0 Å². The Hall–Kier alpha value is -1.11. The van der Waals surface area contributed by atoms with Gasteiger partial charge in [-0.1, -0.05) is 0 Å². The number of carbonyl (C=O) groups is 1. The van der Waals surface area contributed by atoms with E-state index in [2.05, 4.69) is 16.9 Å². The van der Waals surface area contributed by atoms with Crippen molar-refractivity contribution in [2.45, 2.75) is 44.9 Å². The summed E-state index contributed by atoms with van der Waals surface area (Å²) in [6, 6.07) is 1.96. The van der Waals surface area contributed by atoms with E-state index < -0.39 is 0 Å². The molecule has 1 fully saturated rings. The number of rotatable bonds is 5. The molecule has 1 saturated heterocycles. The van der Waals surface area contributed by atoms with E-state index in [1.165, 1.54) is 5.56 Å². The number of hydrogen-bond acceptors (Lipinski definition) is 4. The van der Waals surface area contributed by atoms with Crippen molar-refractivity contribution < 1.29 is 14.4 Å². The molecule has 0 unspecified atom stereocenters. The van der Waals surface area contributed by atoms with E-state index in [0.717, 1.165) is 25.7 Å². The first-order chi connectivity index (χ1) is 9.66. The zero-order valence-corrected chi connectivity index (χ0v) is 12.8. The lowest BCUT2D eigenvalue weighted by molar-refractivity contribution is -0.187. The van der Waals surface area contributed by atoms with Gasteiger partial charge in [0.15, 0.2) is 6.29 Å². The molecule has 0 aliphatic carbocycles. The monoisotopic (exact) mass is 298 g/mol. The number of urea groups is 1. The van der Waals surface area contributed by atoms with Gasteiger partial charge in [-0.15, -0.1) is 0 Å². The summed E-state index contributed by atoms with van der Waals surface area (Å²) in [5.74, 6) is 0. The van der Waals surface area contributed by atoms with Crippen molar-refractivity contribution in [2.24, 2.45) is 0 Å². The van der Waals surface area contributed by atoms with Crippen LogP contribution >= 0.6 is 11.3 Å². The van der Waals surface area contributed by atoms with E-state index in [-0.39, 0.29) is 18.4 Å². The highest BCUT2D eigenvalue weighted by molar-refractivity contribution is 7.07. The number of carbonyl (C=O) groups excluding carboxylic acids is 1. The SMILES string of the molecule is C[C@H](Cc1ccsc1)N(C)C(=O)NO[C@@H]1CCCCO1. The highest BCUT2D eigenvalue weighted by Crippen LogP contribution is 2.13. The summed E-state index contributed by atoms with van der Waals surface area (Å²) in [6.45, 7) is 2.72. The van der Waals surface area contributed by atoms with Crippen LogP contribution in [0.1, 0.15) is 31.7 Å². The van der Waals surface area contributed by atoms with Crippen molar-refractivity contribution in [1.82, 2.24) is 10.4 Å². The lowest BCUT2D eigenvalue weighted by Crippen LogP contribution is -2.45. The second kappa shape index (κ2) is 7.61. The van der Waals surface area contributed by atoms with Gasteiger partial charge in [0, 0.05) is 26.1 Å².